The monoisotopic (exact) mass is 238 g/mol. The van der Waals surface area contributed by atoms with E-state index in [2.05, 4.69) is 11.9 Å². The van der Waals surface area contributed by atoms with E-state index < -0.39 is 9.84 Å². The molecule has 1 aromatic carbocycles. The van der Waals surface area contributed by atoms with Crippen LogP contribution in [0.2, 0.25) is 0 Å². The average Bonchev–Trinajstić information content (AvgIpc) is 2.27. The standard InChI is InChI=1S/C12H16NO2S/c1-3-16(14,15)10-6-9-13-12-8-5-4-7-11(12)2/h3-5,7-8H,1,6,9-10H2,2H3. The summed E-state index contributed by atoms with van der Waals surface area (Å²) in [6, 6.07) is 7.79. The number of hydrogen-bond donors (Lipinski definition) is 0. The summed E-state index contributed by atoms with van der Waals surface area (Å²) in [6.45, 7) is 5.78. The number of sulfone groups is 1. The van der Waals surface area contributed by atoms with Gasteiger partial charge in [0.2, 0.25) is 0 Å². The van der Waals surface area contributed by atoms with Crippen LogP contribution in [-0.4, -0.2) is 20.7 Å². The van der Waals surface area contributed by atoms with E-state index in [-0.39, 0.29) is 5.75 Å². The van der Waals surface area contributed by atoms with Crippen LogP contribution in [0.25, 0.3) is 0 Å². The number of benzene rings is 1. The normalized spacial score (nSPS) is 11.1. The lowest BCUT2D eigenvalue weighted by Gasteiger charge is -2.05. The van der Waals surface area contributed by atoms with E-state index in [4.69, 9.17) is 0 Å². The summed E-state index contributed by atoms with van der Waals surface area (Å²) in [5.74, 6) is 0.117. The van der Waals surface area contributed by atoms with Crippen LogP contribution in [0.4, 0.5) is 5.69 Å². The Labute approximate surface area is 97.1 Å². The quantitative estimate of drug-likeness (QED) is 0.713. The number of hydrogen-bond acceptors (Lipinski definition) is 2. The Balaban J connectivity index is 2.37. The van der Waals surface area contributed by atoms with Crippen molar-refractivity contribution in [3.63, 3.8) is 0 Å². The van der Waals surface area contributed by atoms with Gasteiger partial charge in [-0.2, -0.15) is 0 Å². The van der Waals surface area contributed by atoms with Gasteiger partial charge in [-0.25, -0.2) is 8.42 Å². The maximum atomic E-state index is 11.1. The molecule has 87 valence electrons. The molecule has 0 heterocycles. The van der Waals surface area contributed by atoms with E-state index >= 15 is 0 Å². The summed E-state index contributed by atoms with van der Waals surface area (Å²) >= 11 is 0. The zero-order valence-corrected chi connectivity index (χ0v) is 10.2. The van der Waals surface area contributed by atoms with Crippen molar-refractivity contribution >= 4 is 15.5 Å². The van der Waals surface area contributed by atoms with Crippen molar-refractivity contribution < 1.29 is 8.42 Å². The molecular weight excluding hydrogens is 222 g/mol. The molecule has 1 rings (SSSR count). The van der Waals surface area contributed by atoms with Gasteiger partial charge in [-0.05, 0) is 25.0 Å². The molecule has 0 aromatic heterocycles. The average molecular weight is 238 g/mol. The summed E-state index contributed by atoms with van der Waals surface area (Å²) in [6.07, 6.45) is 0.530. The smallest absolute Gasteiger partial charge is 0.171 e. The van der Waals surface area contributed by atoms with Crippen LogP contribution in [0.15, 0.2) is 36.3 Å². The van der Waals surface area contributed by atoms with Gasteiger partial charge in [-0.15, -0.1) is 0 Å². The first kappa shape index (κ1) is 12.8. The molecule has 1 aromatic rings. The van der Waals surface area contributed by atoms with Gasteiger partial charge in [0.15, 0.2) is 9.84 Å². The Bertz CT molecular complexity index is 452. The fourth-order valence-electron chi connectivity index (χ4n) is 1.29. The molecule has 0 fully saturated rings. The predicted octanol–water partition coefficient (Wildman–Crippen LogP) is 2.18. The highest BCUT2D eigenvalue weighted by atomic mass is 32.2. The first-order chi connectivity index (χ1) is 7.55. The number of nitrogens with zero attached hydrogens (tertiary/aromatic N) is 1. The molecule has 1 radical (unpaired) electrons. The second kappa shape index (κ2) is 5.70. The van der Waals surface area contributed by atoms with Gasteiger partial charge in [0.1, 0.15) is 0 Å². The maximum absolute atomic E-state index is 11.1. The minimum atomic E-state index is -3.08. The van der Waals surface area contributed by atoms with Gasteiger partial charge >= 0.3 is 0 Å². The van der Waals surface area contributed by atoms with E-state index in [1.165, 1.54) is 0 Å². The zero-order chi connectivity index (χ0) is 12.0. The Morgan fingerprint density at radius 2 is 2.06 bits per heavy atom. The number of para-hydroxylation sites is 1. The summed E-state index contributed by atoms with van der Waals surface area (Å²) < 4.78 is 22.2. The van der Waals surface area contributed by atoms with E-state index in [9.17, 15) is 8.42 Å². The van der Waals surface area contributed by atoms with Gasteiger partial charge in [-0.1, -0.05) is 24.8 Å². The Kier molecular flexibility index (Phi) is 4.55. The van der Waals surface area contributed by atoms with Gasteiger partial charge in [-0.3, -0.25) is 5.32 Å². The molecule has 0 saturated carbocycles. The van der Waals surface area contributed by atoms with Crippen molar-refractivity contribution in [1.82, 2.24) is 5.32 Å². The summed E-state index contributed by atoms with van der Waals surface area (Å²) in [7, 11) is -3.08. The second-order valence-electron chi connectivity index (χ2n) is 3.56. The molecular formula is C12H16NO2S. The minimum absolute atomic E-state index is 0.117. The Hall–Kier alpha value is -1.29. The fourth-order valence-corrected chi connectivity index (χ4v) is 1.99. The van der Waals surface area contributed by atoms with Crippen molar-refractivity contribution in [3.05, 3.63) is 41.8 Å². The molecule has 0 aliphatic heterocycles. The highest BCUT2D eigenvalue weighted by Gasteiger charge is 2.04. The molecule has 0 aliphatic carbocycles. The Morgan fingerprint density at radius 3 is 2.69 bits per heavy atom. The van der Waals surface area contributed by atoms with Crippen molar-refractivity contribution in [2.45, 2.75) is 13.3 Å². The highest BCUT2D eigenvalue weighted by Crippen LogP contribution is 2.13. The van der Waals surface area contributed by atoms with Crippen molar-refractivity contribution in [2.24, 2.45) is 0 Å². The maximum Gasteiger partial charge on any atom is 0.171 e. The van der Waals surface area contributed by atoms with Crippen LogP contribution in [0.1, 0.15) is 12.0 Å². The van der Waals surface area contributed by atoms with E-state index in [0.717, 1.165) is 16.7 Å². The molecule has 4 heteroatoms. The largest absolute Gasteiger partial charge is 0.285 e. The molecule has 0 N–H and O–H groups in total. The van der Waals surface area contributed by atoms with Crippen LogP contribution < -0.4 is 5.32 Å². The van der Waals surface area contributed by atoms with E-state index in [1.807, 2.05) is 31.2 Å². The third-order valence-corrected chi connectivity index (χ3v) is 3.60. The molecule has 0 saturated heterocycles. The fraction of sp³-hybridized carbons (Fsp3) is 0.333. The molecule has 16 heavy (non-hydrogen) atoms. The summed E-state index contributed by atoms with van der Waals surface area (Å²) in [5.41, 5.74) is 2.03. The van der Waals surface area contributed by atoms with Crippen molar-refractivity contribution in [2.75, 3.05) is 12.3 Å². The van der Waals surface area contributed by atoms with Crippen LogP contribution >= 0.6 is 0 Å². The first-order valence-electron chi connectivity index (χ1n) is 5.13. The molecule has 0 aliphatic rings. The molecule has 0 bridgehead atoms. The van der Waals surface area contributed by atoms with Gasteiger partial charge in [0.05, 0.1) is 11.4 Å². The lowest BCUT2D eigenvalue weighted by atomic mass is 10.2. The van der Waals surface area contributed by atoms with Gasteiger partial charge < -0.3 is 0 Å². The first-order valence-corrected chi connectivity index (χ1v) is 6.85. The van der Waals surface area contributed by atoms with Crippen molar-refractivity contribution in [3.8, 4) is 0 Å². The van der Waals surface area contributed by atoms with Gasteiger partial charge in [0, 0.05) is 12.0 Å². The van der Waals surface area contributed by atoms with Crippen LogP contribution in [0.5, 0.6) is 0 Å². The second-order valence-corrected chi connectivity index (χ2v) is 5.62. The lowest BCUT2D eigenvalue weighted by Crippen LogP contribution is -2.08. The van der Waals surface area contributed by atoms with Crippen LogP contribution in [0.3, 0.4) is 0 Å². The number of rotatable bonds is 6. The van der Waals surface area contributed by atoms with Crippen molar-refractivity contribution in [1.29, 1.82) is 0 Å². The minimum Gasteiger partial charge on any atom is -0.285 e. The molecule has 3 nitrogen and oxygen atoms in total. The van der Waals surface area contributed by atoms with Crippen LogP contribution in [0, 0.1) is 6.92 Å². The van der Waals surface area contributed by atoms with E-state index in [0.29, 0.717) is 13.0 Å². The number of aryl methyl sites for hydroxylation is 1. The van der Waals surface area contributed by atoms with Crippen LogP contribution in [-0.2, 0) is 9.84 Å². The lowest BCUT2D eigenvalue weighted by molar-refractivity contribution is 0.601. The molecule has 0 spiro atoms. The third-order valence-electron chi connectivity index (χ3n) is 2.24. The molecule has 0 unspecified atom stereocenters. The zero-order valence-electron chi connectivity index (χ0n) is 9.39. The van der Waals surface area contributed by atoms with E-state index in [1.54, 1.807) is 0 Å². The third kappa shape index (κ3) is 4.06. The SMILES string of the molecule is C=CS(=O)(=O)CCC[N]c1ccccc1C. The molecule has 0 atom stereocenters. The molecule has 0 amide bonds. The highest BCUT2D eigenvalue weighted by molar-refractivity contribution is 7.94. The van der Waals surface area contributed by atoms with Gasteiger partial charge in [0.25, 0.3) is 0 Å². The predicted molar refractivity (Wildman–Crippen MR) is 66.4 cm³/mol. The topological polar surface area (TPSA) is 48.2 Å². The summed E-state index contributed by atoms with van der Waals surface area (Å²) in [4.78, 5) is 0. The summed E-state index contributed by atoms with van der Waals surface area (Å²) in [5, 5.41) is 5.35. The Morgan fingerprint density at radius 1 is 1.38 bits per heavy atom.